The van der Waals surface area contributed by atoms with Gasteiger partial charge in [-0.25, -0.2) is 0 Å². The van der Waals surface area contributed by atoms with Crippen molar-refractivity contribution in [1.29, 1.82) is 0 Å². The van der Waals surface area contributed by atoms with E-state index in [1.165, 1.54) is 16.7 Å². The largest absolute Gasteiger partial charge is 0.129 e. The Bertz CT molecular complexity index is 335. The summed E-state index contributed by atoms with van der Waals surface area (Å²) in [4.78, 5) is 0. The highest BCUT2D eigenvalue weighted by atomic mass is 13.9. The molecule has 0 amide bonds. The van der Waals surface area contributed by atoms with Gasteiger partial charge in [0.2, 0.25) is 0 Å². The second kappa shape index (κ2) is 4.71. The second-order valence-electron chi connectivity index (χ2n) is 3.22. The molecule has 1 rings (SSSR count). The first-order valence-electron chi connectivity index (χ1n) is 4.60. The van der Waals surface area contributed by atoms with Gasteiger partial charge in [-0.1, -0.05) is 42.0 Å². The van der Waals surface area contributed by atoms with E-state index in [0.29, 0.717) is 0 Å². The highest BCUT2D eigenvalue weighted by molar-refractivity contribution is 6.17. The Morgan fingerprint density at radius 2 is 2.00 bits per heavy atom. The molecule has 1 aromatic carbocycles. The van der Waals surface area contributed by atoms with Crippen LogP contribution < -0.4 is 0 Å². The number of hydrogen-bond acceptors (Lipinski definition) is 0. The number of allylic oxidation sites excluding steroid dienone is 2. The molecule has 0 spiro atoms. The van der Waals surface area contributed by atoms with E-state index in [9.17, 15) is 0 Å². The molecule has 0 bridgehead atoms. The average molecular weight is 170 g/mol. The van der Waals surface area contributed by atoms with E-state index in [2.05, 4.69) is 64.1 Å². The van der Waals surface area contributed by atoms with E-state index in [1.807, 2.05) is 0 Å². The van der Waals surface area contributed by atoms with Gasteiger partial charge in [-0.3, -0.25) is 0 Å². The monoisotopic (exact) mass is 170 g/mol. The van der Waals surface area contributed by atoms with E-state index in [4.69, 9.17) is 0 Å². The molecule has 0 aliphatic heterocycles. The molecule has 13 heavy (non-hydrogen) atoms. The van der Waals surface area contributed by atoms with Gasteiger partial charge in [0, 0.05) is 0 Å². The van der Waals surface area contributed by atoms with Crippen LogP contribution in [-0.4, -0.2) is 7.85 Å². The molecule has 0 N–H and O–H groups in total. The topological polar surface area (TPSA) is 0 Å². The van der Waals surface area contributed by atoms with Gasteiger partial charge in [0.05, 0.1) is 0 Å². The predicted molar refractivity (Wildman–Crippen MR) is 62.5 cm³/mol. The zero-order valence-electron chi connectivity index (χ0n) is 8.54. The zero-order chi connectivity index (χ0) is 9.68. The molecule has 0 radical (unpaired) electrons. The van der Waals surface area contributed by atoms with Gasteiger partial charge in [-0.2, -0.15) is 0 Å². The summed E-state index contributed by atoms with van der Waals surface area (Å²) in [5.74, 6) is 2.11. The van der Waals surface area contributed by atoms with Crippen molar-refractivity contribution in [2.45, 2.75) is 13.8 Å². The highest BCUT2D eigenvalue weighted by Crippen LogP contribution is 2.10. The molecule has 0 saturated carbocycles. The first kappa shape index (κ1) is 9.85. The van der Waals surface area contributed by atoms with Crippen LogP contribution in [-0.2, 0) is 0 Å². The fourth-order valence-corrected chi connectivity index (χ4v) is 1.09. The van der Waals surface area contributed by atoms with Crippen LogP contribution in [0.1, 0.15) is 18.1 Å². The molecule has 1 heteroatoms. The van der Waals surface area contributed by atoms with E-state index >= 15 is 0 Å². The molecular weight excluding hydrogens is 155 g/mol. The van der Waals surface area contributed by atoms with E-state index in [1.54, 1.807) is 0 Å². The standard InChI is InChI=1S/C12H15B/c1-10(9-13)7-8-12-6-4-3-5-11(12)2/h3-9H,13H2,1-2H3. The Balaban J connectivity index is 2.86. The lowest BCUT2D eigenvalue weighted by Crippen LogP contribution is -1.78. The highest BCUT2D eigenvalue weighted by Gasteiger charge is 1.89. The van der Waals surface area contributed by atoms with Gasteiger partial charge < -0.3 is 0 Å². The first-order chi connectivity index (χ1) is 6.24. The summed E-state index contributed by atoms with van der Waals surface area (Å²) in [6.07, 6.45) is 4.30. The quantitative estimate of drug-likeness (QED) is 0.472. The summed E-state index contributed by atoms with van der Waals surface area (Å²) in [6.45, 7) is 4.24. The van der Waals surface area contributed by atoms with Crippen LogP contribution in [0, 0.1) is 6.92 Å². The molecule has 0 fully saturated rings. The molecule has 0 nitrogen and oxygen atoms in total. The van der Waals surface area contributed by atoms with Crippen molar-refractivity contribution in [3.8, 4) is 0 Å². The van der Waals surface area contributed by atoms with Crippen LogP contribution in [0.3, 0.4) is 0 Å². The molecule has 0 saturated heterocycles. The van der Waals surface area contributed by atoms with Crippen LogP contribution in [0.5, 0.6) is 0 Å². The van der Waals surface area contributed by atoms with Crippen molar-refractivity contribution in [1.82, 2.24) is 0 Å². The summed E-state index contributed by atoms with van der Waals surface area (Å²) >= 11 is 0. The van der Waals surface area contributed by atoms with Gasteiger partial charge in [-0.15, -0.1) is 5.98 Å². The second-order valence-corrected chi connectivity index (χ2v) is 3.22. The third-order valence-electron chi connectivity index (χ3n) is 2.17. The van der Waals surface area contributed by atoms with Gasteiger partial charge in [0.25, 0.3) is 0 Å². The maximum atomic E-state index is 2.16. The van der Waals surface area contributed by atoms with Crippen molar-refractivity contribution >= 4 is 13.9 Å². The minimum absolute atomic E-state index is 1.29. The van der Waals surface area contributed by atoms with Crippen LogP contribution in [0.25, 0.3) is 6.08 Å². The third kappa shape index (κ3) is 2.94. The fourth-order valence-electron chi connectivity index (χ4n) is 1.09. The summed E-state index contributed by atoms with van der Waals surface area (Å²) in [6, 6.07) is 8.40. The molecule has 0 atom stereocenters. The van der Waals surface area contributed by atoms with E-state index in [-0.39, 0.29) is 0 Å². The molecule has 1 aromatic rings. The maximum Gasteiger partial charge on any atom is 0.129 e. The SMILES string of the molecule is BC=C(C)C=Cc1ccccc1C. The third-order valence-corrected chi connectivity index (χ3v) is 2.17. The summed E-state index contributed by atoms with van der Waals surface area (Å²) in [7, 11) is 2.05. The molecule has 0 aromatic heterocycles. The van der Waals surface area contributed by atoms with Crippen LogP contribution in [0.2, 0.25) is 0 Å². The fraction of sp³-hybridized carbons (Fsp3) is 0.167. The molecule has 66 valence electrons. The van der Waals surface area contributed by atoms with Crippen molar-refractivity contribution in [3.05, 3.63) is 53.0 Å². The van der Waals surface area contributed by atoms with E-state index < -0.39 is 0 Å². The van der Waals surface area contributed by atoms with Crippen LogP contribution in [0.4, 0.5) is 0 Å². The van der Waals surface area contributed by atoms with Crippen molar-refractivity contribution in [2.75, 3.05) is 0 Å². The number of hydrogen-bond donors (Lipinski definition) is 0. The lowest BCUT2D eigenvalue weighted by Gasteiger charge is -1.98. The predicted octanol–water partition coefficient (Wildman–Crippen LogP) is 2.55. The van der Waals surface area contributed by atoms with Crippen LogP contribution in [0.15, 0.2) is 41.9 Å². The Kier molecular flexibility index (Phi) is 3.57. The number of benzene rings is 1. The van der Waals surface area contributed by atoms with Gasteiger partial charge in [0.15, 0.2) is 0 Å². The van der Waals surface area contributed by atoms with Crippen molar-refractivity contribution in [3.63, 3.8) is 0 Å². The van der Waals surface area contributed by atoms with Gasteiger partial charge in [0.1, 0.15) is 7.85 Å². The zero-order valence-corrected chi connectivity index (χ0v) is 8.54. The lowest BCUT2D eigenvalue weighted by atomic mass is 10.0. The minimum atomic E-state index is 1.29. The Morgan fingerprint density at radius 3 is 2.62 bits per heavy atom. The van der Waals surface area contributed by atoms with Crippen molar-refractivity contribution in [2.24, 2.45) is 0 Å². The molecule has 0 heterocycles. The summed E-state index contributed by atoms with van der Waals surface area (Å²) in [5.41, 5.74) is 3.91. The Morgan fingerprint density at radius 1 is 1.31 bits per heavy atom. The minimum Gasteiger partial charge on any atom is -0.121 e. The van der Waals surface area contributed by atoms with E-state index in [0.717, 1.165) is 0 Å². The summed E-state index contributed by atoms with van der Waals surface area (Å²) < 4.78 is 0. The van der Waals surface area contributed by atoms with Gasteiger partial charge >= 0.3 is 0 Å². The number of aryl methyl sites for hydroxylation is 1. The Hall–Kier alpha value is -1.24. The van der Waals surface area contributed by atoms with Crippen LogP contribution >= 0.6 is 0 Å². The molecule has 0 aliphatic rings. The average Bonchev–Trinajstić information content (AvgIpc) is 2.16. The maximum absolute atomic E-state index is 2.16. The van der Waals surface area contributed by atoms with Crippen molar-refractivity contribution < 1.29 is 0 Å². The summed E-state index contributed by atoms with van der Waals surface area (Å²) in [5, 5.41) is 0. The normalized spacial score (nSPS) is 12.3. The first-order valence-corrected chi connectivity index (χ1v) is 4.60. The smallest absolute Gasteiger partial charge is 0.121 e. The number of rotatable bonds is 2. The van der Waals surface area contributed by atoms with Gasteiger partial charge in [-0.05, 0) is 25.0 Å². The lowest BCUT2D eigenvalue weighted by molar-refractivity contribution is 1.44. The molecular formula is C12H15B. The molecule has 0 aliphatic carbocycles. The Labute approximate surface area is 81.4 Å². The molecule has 0 unspecified atom stereocenters.